The van der Waals surface area contributed by atoms with Crippen molar-refractivity contribution >= 4 is 39.1 Å². The zero-order chi connectivity index (χ0) is 16.1. The lowest BCUT2D eigenvalue weighted by atomic mass is 10.2. The smallest absolute Gasteiger partial charge is 0.244 e. The third-order valence-corrected chi connectivity index (χ3v) is 3.64. The van der Waals surface area contributed by atoms with E-state index in [0.29, 0.717) is 11.4 Å². The Balaban J connectivity index is 2.13. The fourth-order valence-electron chi connectivity index (χ4n) is 1.92. The maximum Gasteiger partial charge on any atom is 0.244 e. The van der Waals surface area contributed by atoms with E-state index in [-0.39, 0.29) is 18.4 Å². The van der Waals surface area contributed by atoms with Crippen molar-refractivity contribution in [3.63, 3.8) is 0 Å². The lowest BCUT2D eigenvalue weighted by Gasteiger charge is -2.21. The fourth-order valence-corrected chi connectivity index (χ4v) is 2.31. The summed E-state index contributed by atoms with van der Waals surface area (Å²) in [6.45, 7) is 1.14. The second-order valence-corrected chi connectivity index (χ2v) is 5.47. The first-order valence-corrected chi connectivity index (χ1v) is 7.34. The summed E-state index contributed by atoms with van der Waals surface area (Å²) in [6, 6.07) is 12.7. The van der Waals surface area contributed by atoms with E-state index in [1.807, 2.05) is 6.07 Å². The molecular weight excluding hydrogens is 351 g/mol. The minimum atomic E-state index is -0.463. The number of carbonyl (C=O) groups excluding carboxylic acids is 2. The van der Waals surface area contributed by atoms with E-state index in [4.69, 9.17) is 0 Å². The van der Waals surface area contributed by atoms with Crippen LogP contribution in [0.2, 0.25) is 0 Å². The summed E-state index contributed by atoms with van der Waals surface area (Å²) < 4.78 is 14.0. The van der Waals surface area contributed by atoms with E-state index in [1.54, 1.807) is 24.3 Å². The van der Waals surface area contributed by atoms with Crippen molar-refractivity contribution in [3.8, 4) is 0 Å². The average Bonchev–Trinajstić information content (AvgIpc) is 2.47. The molecule has 0 radical (unpaired) electrons. The van der Waals surface area contributed by atoms with Crippen LogP contribution in [-0.2, 0) is 9.59 Å². The molecule has 1 N–H and O–H groups in total. The van der Waals surface area contributed by atoms with Gasteiger partial charge in [0.15, 0.2) is 0 Å². The van der Waals surface area contributed by atoms with Gasteiger partial charge < -0.3 is 10.2 Å². The van der Waals surface area contributed by atoms with Crippen LogP contribution in [-0.4, -0.2) is 18.4 Å². The molecule has 22 heavy (non-hydrogen) atoms. The van der Waals surface area contributed by atoms with Crippen LogP contribution in [0.1, 0.15) is 6.92 Å². The Morgan fingerprint density at radius 1 is 1.18 bits per heavy atom. The average molecular weight is 365 g/mol. The van der Waals surface area contributed by atoms with Crippen LogP contribution < -0.4 is 10.2 Å². The second-order valence-electron chi connectivity index (χ2n) is 4.61. The molecule has 2 aromatic rings. The highest BCUT2D eigenvalue weighted by Crippen LogP contribution is 2.21. The molecule has 0 spiro atoms. The van der Waals surface area contributed by atoms with Crippen LogP contribution in [0, 0.1) is 5.82 Å². The number of hydrogen-bond acceptors (Lipinski definition) is 2. The molecule has 0 aliphatic carbocycles. The Bertz CT molecular complexity index is 706. The Kier molecular flexibility index (Phi) is 5.27. The standard InChI is InChI=1S/C16H14BrFN2O2/c1-11(21)20(13-6-4-5-12(18)9-13)10-16(22)19-15-8-3-2-7-14(15)17/h2-9H,10H2,1H3,(H,19,22). The van der Waals surface area contributed by atoms with Gasteiger partial charge in [0, 0.05) is 17.1 Å². The second kappa shape index (κ2) is 7.17. The number of para-hydroxylation sites is 1. The summed E-state index contributed by atoms with van der Waals surface area (Å²) in [6.07, 6.45) is 0. The van der Waals surface area contributed by atoms with Gasteiger partial charge in [0.05, 0.1) is 5.69 Å². The number of halogens is 2. The van der Waals surface area contributed by atoms with Gasteiger partial charge in [0.1, 0.15) is 12.4 Å². The Morgan fingerprint density at radius 3 is 2.55 bits per heavy atom. The molecule has 2 aromatic carbocycles. The van der Waals surface area contributed by atoms with Gasteiger partial charge in [0.2, 0.25) is 11.8 Å². The molecule has 0 heterocycles. The molecule has 0 saturated heterocycles. The molecule has 0 aliphatic rings. The molecule has 0 bridgehead atoms. The highest BCUT2D eigenvalue weighted by Gasteiger charge is 2.16. The molecule has 2 amide bonds. The monoisotopic (exact) mass is 364 g/mol. The first kappa shape index (κ1) is 16.2. The fraction of sp³-hybridized carbons (Fsp3) is 0.125. The summed E-state index contributed by atoms with van der Waals surface area (Å²) in [7, 11) is 0. The van der Waals surface area contributed by atoms with Crippen molar-refractivity contribution in [3.05, 3.63) is 58.8 Å². The van der Waals surface area contributed by atoms with Crippen molar-refractivity contribution in [2.75, 3.05) is 16.8 Å². The van der Waals surface area contributed by atoms with Gasteiger partial charge >= 0.3 is 0 Å². The molecule has 2 rings (SSSR count). The van der Waals surface area contributed by atoms with Crippen molar-refractivity contribution < 1.29 is 14.0 Å². The zero-order valence-electron chi connectivity index (χ0n) is 11.8. The molecule has 0 saturated carbocycles. The molecule has 0 fully saturated rings. The van der Waals surface area contributed by atoms with Gasteiger partial charge in [-0.15, -0.1) is 0 Å². The number of amides is 2. The number of anilines is 2. The van der Waals surface area contributed by atoms with Crippen LogP contribution in [0.25, 0.3) is 0 Å². The Hall–Kier alpha value is -2.21. The SMILES string of the molecule is CC(=O)N(CC(=O)Nc1ccccc1Br)c1cccc(F)c1. The van der Waals surface area contributed by atoms with Crippen LogP contribution in [0.3, 0.4) is 0 Å². The minimum Gasteiger partial charge on any atom is -0.324 e. The quantitative estimate of drug-likeness (QED) is 0.901. The maximum atomic E-state index is 13.3. The highest BCUT2D eigenvalue weighted by molar-refractivity contribution is 9.10. The highest BCUT2D eigenvalue weighted by atomic mass is 79.9. The number of hydrogen-bond donors (Lipinski definition) is 1. The minimum absolute atomic E-state index is 0.194. The molecule has 0 aromatic heterocycles. The number of benzene rings is 2. The molecule has 0 aliphatic heterocycles. The third kappa shape index (κ3) is 4.14. The summed E-state index contributed by atoms with van der Waals surface area (Å²) in [5.74, 6) is -1.17. The van der Waals surface area contributed by atoms with E-state index in [1.165, 1.54) is 30.0 Å². The van der Waals surface area contributed by atoms with Gasteiger partial charge in [0.25, 0.3) is 0 Å². The first-order valence-electron chi connectivity index (χ1n) is 6.55. The van der Waals surface area contributed by atoms with E-state index < -0.39 is 5.82 Å². The molecule has 6 heteroatoms. The number of nitrogens with one attached hydrogen (secondary N) is 1. The largest absolute Gasteiger partial charge is 0.324 e. The Labute approximate surface area is 136 Å². The number of carbonyl (C=O) groups is 2. The maximum absolute atomic E-state index is 13.3. The molecule has 114 valence electrons. The predicted octanol–water partition coefficient (Wildman–Crippen LogP) is 3.58. The summed E-state index contributed by atoms with van der Waals surface area (Å²) in [4.78, 5) is 25.1. The van der Waals surface area contributed by atoms with Gasteiger partial charge in [-0.2, -0.15) is 0 Å². The zero-order valence-corrected chi connectivity index (χ0v) is 13.4. The van der Waals surface area contributed by atoms with Crippen LogP contribution >= 0.6 is 15.9 Å². The molecule has 0 atom stereocenters. The van der Waals surface area contributed by atoms with E-state index in [9.17, 15) is 14.0 Å². The van der Waals surface area contributed by atoms with Crippen LogP contribution in [0.15, 0.2) is 53.0 Å². The van der Waals surface area contributed by atoms with Crippen molar-refractivity contribution in [1.82, 2.24) is 0 Å². The molecular formula is C16H14BrFN2O2. The van der Waals surface area contributed by atoms with E-state index >= 15 is 0 Å². The summed E-state index contributed by atoms with van der Waals surface area (Å²) >= 11 is 3.33. The van der Waals surface area contributed by atoms with Gasteiger partial charge in [-0.25, -0.2) is 4.39 Å². The predicted molar refractivity (Wildman–Crippen MR) is 87.2 cm³/mol. The van der Waals surface area contributed by atoms with Gasteiger partial charge in [-0.05, 0) is 46.3 Å². The number of nitrogens with zero attached hydrogens (tertiary/aromatic N) is 1. The lowest BCUT2D eigenvalue weighted by Crippen LogP contribution is -2.36. The summed E-state index contributed by atoms with van der Waals surface area (Å²) in [5, 5.41) is 2.71. The Morgan fingerprint density at radius 2 is 1.91 bits per heavy atom. The van der Waals surface area contributed by atoms with Gasteiger partial charge in [-0.3, -0.25) is 9.59 Å². The summed E-state index contributed by atoms with van der Waals surface area (Å²) in [5.41, 5.74) is 0.949. The van der Waals surface area contributed by atoms with E-state index in [0.717, 1.165) is 4.47 Å². The third-order valence-electron chi connectivity index (χ3n) is 2.95. The van der Waals surface area contributed by atoms with Crippen molar-refractivity contribution in [1.29, 1.82) is 0 Å². The van der Waals surface area contributed by atoms with Gasteiger partial charge in [-0.1, -0.05) is 18.2 Å². The van der Waals surface area contributed by atoms with Crippen LogP contribution in [0.5, 0.6) is 0 Å². The van der Waals surface area contributed by atoms with E-state index in [2.05, 4.69) is 21.2 Å². The molecule has 0 unspecified atom stereocenters. The van der Waals surface area contributed by atoms with Crippen molar-refractivity contribution in [2.45, 2.75) is 6.92 Å². The topological polar surface area (TPSA) is 49.4 Å². The first-order chi connectivity index (χ1) is 10.5. The number of rotatable bonds is 4. The normalized spacial score (nSPS) is 10.1. The van der Waals surface area contributed by atoms with Crippen LogP contribution in [0.4, 0.5) is 15.8 Å². The van der Waals surface area contributed by atoms with Crippen molar-refractivity contribution in [2.24, 2.45) is 0 Å². The molecule has 4 nitrogen and oxygen atoms in total. The lowest BCUT2D eigenvalue weighted by molar-refractivity contribution is -0.120.